The summed E-state index contributed by atoms with van der Waals surface area (Å²) in [6, 6.07) is 6.98. The molecule has 102 valence electrons. The van der Waals surface area contributed by atoms with Crippen LogP contribution in [0.5, 0.6) is 5.75 Å². The highest BCUT2D eigenvalue weighted by Gasteiger charge is 2.20. The summed E-state index contributed by atoms with van der Waals surface area (Å²) < 4.78 is 11.8. The van der Waals surface area contributed by atoms with Crippen molar-refractivity contribution in [3.8, 4) is 5.75 Å². The van der Waals surface area contributed by atoms with Crippen molar-refractivity contribution in [2.24, 2.45) is 5.73 Å². The first-order valence-electron chi connectivity index (χ1n) is 5.94. The quantitative estimate of drug-likeness (QED) is 0.899. The topological polar surface area (TPSA) is 48.4 Å². The van der Waals surface area contributed by atoms with Gasteiger partial charge in [0.2, 0.25) is 0 Å². The van der Waals surface area contributed by atoms with E-state index in [4.69, 9.17) is 26.5 Å². The Labute approximate surface area is 125 Å². The predicted molar refractivity (Wildman–Crippen MR) is 79.8 cm³/mol. The van der Waals surface area contributed by atoms with Crippen molar-refractivity contribution in [2.75, 3.05) is 7.11 Å². The van der Waals surface area contributed by atoms with Gasteiger partial charge < -0.3 is 14.9 Å². The van der Waals surface area contributed by atoms with E-state index in [0.717, 1.165) is 22.2 Å². The van der Waals surface area contributed by atoms with Crippen molar-refractivity contribution in [2.45, 2.75) is 19.4 Å². The Bertz CT molecular complexity index is 583. The van der Waals surface area contributed by atoms with Crippen LogP contribution in [0.4, 0.5) is 0 Å². The van der Waals surface area contributed by atoms with Crippen LogP contribution in [0.1, 0.15) is 30.0 Å². The van der Waals surface area contributed by atoms with E-state index in [1.807, 2.05) is 19.1 Å². The highest BCUT2D eigenvalue weighted by atomic mass is 79.9. The highest BCUT2D eigenvalue weighted by Crippen LogP contribution is 2.37. The Hall–Kier alpha value is -0.970. The molecule has 0 spiro atoms. The van der Waals surface area contributed by atoms with Crippen LogP contribution >= 0.6 is 27.5 Å². The minimum Gasteiger partial charge on any atom is -0.495 e. The van der Waals surface area contributed by atoms with Crippen LogP contribution in [0.15, 0.2) is 33.2 Å². The van der Waals surface area contributed by atoms with Crippen molar-refractivity contribution in [3.63, 3.8) is 0 Å². The van der Waals surface area contributed by atoms with E-state index in [1.165, 1.54) is 0 Å². The van der Waals surface area contributed by atoms with Gasteiger partial charge >= 0.3 is 0 Å². The molecule has 0 aliphatic rings. The number of furan rings is 1. The number of hydrogen-bond acceptors (Lipinski definition) is 3. The summed E-state index contributed by atoms with van der Waals surface area (Å²) in [6.07, 6.45) is 0.836. The van der Waals surface area contributed by atoms with Crippen LogP contribution in [0.25, 0.3) is 0 Å². The average molecular weight is 345 g/mol. The summed E-state index contributed by atoms with van der Waals surface area (Å²) >= 11 is 9.49. The van der Waals surface area contributed by atoms with E-state index >= 15 is 0 Å². The lowest BCUT2D eigenvalue weighted by Gasteiger charge is -2.15. The van der Waals surface area contributed by atoms with E-state index in [2.05, 4.69) is 15.9 Å². The number of benzene rings is 1. The number of aryl methyl sites for hydroxylation is 1. The molecular formula is C14H15BrClNO2. The van der Waals surface area contributed by atoms with Crippen molar-refractivity contribution < 1.29 is 9.15 Å². The standard InChI is InChI=1S/C14H15BrClNO2/c1-3-9-4-5-12(19-9)13(17)10-6-8(16)7-11(15)14(10)18-2/h4-7,13H,3,17H2,1-2H3. The summed E-state index contributed by atoms with van der Waals surface area (Å²) in [5, 5.41) is 0.598. The Balaban J connectivity index is 2.45. The molecule has 1 atom stereocenters. The number of hydrogen-bond donors (Lipinski definition) is 1. The monoisotopic (exact) mass is 343 g/mol. The molecule has 1 heterocycles. The second-order valence-electron chi connectivity index (χ2n) is 4.15. The molecule has 2 N–H and O–H groups in total. The SMILES string of the molecule is CCc1ccc(C(N)c2cc(Cl)cc(Br)c2OC)o1. The molecule has 0 aliphatic heterocycles. The second-order valence-corrected chi connectivity index (χ2v) is 5.44. The number of halogens is 2. The van der Waals surface area contributed by atoms with Crippen molar-refractivity contribution >= 4 is 27.5 Å². The van der Waals surface area contributed by atoms with Gasteiger partial charge in [-0.1, -0.05) is 18.5 Å². The third-order valence-corrected chi connectivity index (χ3v) is 3.72. The molecule has 3 nitrogen and oxygen atoms in total. The summed E-state index contributed by atoms with van der Waals surface area (Å²) in [7, 11) is 1.60. The summed E-state index contributed by atoms with van der Waals surface area (Å²) in [4.78, 5) is 0. The zero-order valence-corrected chi connectivity index (χ0v) is 13.1. The fourth-order valence-corrected chi connectivity index (χ4v) is 2.93. The number of ether oxygens (including phenoxy) is 1. The maximum absolute atomic E-state index is 6.25. The van der Waals surface area contributed by atoms with Gasteiger partial charge in [-0.25, -0.2) is 0 Å². The Morgan fingerprint density at radius 3 is 2.74 bits per heavy atom. The molecule has 0 saturated carbocycles. The third-order valence-electron chi connectivity index (χ3n) is 2.91. The van der Waals surface area contributed by atoms with Crippen LogP contribution in [0.3, 0.4) is 0 Å². The fraction of sp³-hybridized carbons (Fsp3) is 0.286. The number of methoxy groups -OCH3 is 1. The normalized spacial score (nSPS) is 12.5. The van der Waals surface area contributed by atoms with Crippen LogP contribution in [-0.2, 0) is 6.42 Å². The van der Waals surface area contributed by atoms with Gasteiger partial charge in [0.05, 0.1) is 17.6 Å². The first-order valence-corrected chi connectivity index (χ1v) is 7.11. The lowest BCUT2D eigenvalue weighted by atomic mass is 10.0. The van der Waals surface area contributed by atoms with Gasteiger partial charge in [0.25, 0.3) is 0 Å². The van der Waals surface area contributed by atoms with Crippen LogP contribution in [0.2, 0.25) is 5.02 Å². The Kier molecular flexibility index (Phi) is 4.55. The van der Waals surface area contributed by atoms with Gasteiger partial charge in [-0.2, -0.15) is 0 Å². The van der Waals surface area contributed by atoms with Crippen LogP contribution in [0, 0.1) is 0 Å². The van der Waals surface area contributed by atoms with E-state index in [0.29, 0.717) is 16.5 Å². The largest absolute Gasteiger partial charge is 0.495 e. The Morgan fingerprint density at radius 1 is 1.42 bits per heavy atom. The third kappa shape index (κ3) is 2.96. The molecular weight excluding hydrogens is 330 g/mol. The predicted octanol–water partition coefficient (Wildman–Crippen LogP) is 4.31. The Morgan fingerprint density at radius 2 is 2.16 bits per heavy atom. The molecule has 2 aromatic rings. The smallest absolute Gasteiger partial charge is 0.138 e. The summed E-state index contributed by atoms with van der Waals surface area (Å²) in [5.74, 6) is 2.28. The first kappa shape index (κ1) is 14.4. The van der Waals surface area contributed by atoms with Gasteiger partial charge in [-0.3, -0.25) is 0 Å². The maximum Gasteiger partial charge on any atom is 0.138 e. The van der Waals surface area contributed by atoms with E-state index < -0.39 is 6.04 Å². The highest BCUT2D eigenvalue weighted by molar-refractivity contribution is 9.10. The molecule has 1 unspecified atom stereocenters. The second kappa shape index (κ2) is 5.99. The minimum atomic E-state index is -0.412. The molecule has 0 saturated heterocycles. The molecule has 1 aromatic carbocycles. The van der Waals surface area contributed by atoms with Gasteiger partial charge in [0.1, 0.15) is 17.3 Å². The van der Waals surface area contributed by atoms with E-state index in [-0.39, 0.29) is 0 Å². The zero-order chi connectivity index (χ0) is 14.0. The molecule has 5 heteroatoms. The van der Waals surface area contributed by atoms with Crippen molar-refractivity contribution in [3.05, 3.63) is 50.8 Å². The maximum atomic E-state index is 6.25. The average Bonchev–Trinajstić information content (AvgIpc) is 2.85. The summed E-state index contributed by atoms with van der Waals surface area (Å²) in [6.45, 7) is 2.03. The molecule has 0 bridgehead atoms. The fourth-order valence-electron chi connectivity index (χ4n) is 1.93. The lowest BCUT2D eigenvalue weighted by Crippen LogP contribution is -2.12. The van der Waals surface area contributed by atoms with Gasteiger partial charge in [0, 0.05) is 17.0 Å². The van der Waals surface area contributed by atoms with E-state index in [9.17, 15) is 0 Å². The molecule has 0 aliphatic carbocycles. The molecule has 0 amide bonds. The molecule has 0 fully saturated rings. The summed E-state index contributed by atoms with van der Waals surface area (Å²) in [5.41, 5.74) is 7.04. The molecule has 1 aromatic heterocycles. The number of rotatable bonds is 4. The van der Waals surface area contributed by atoms with Crippen molar-refractivity contribution in [1.29, 1.82) is 0 Å². The number of nitrogens with two attached hydrogens (primary N) is 1. The van der Waals surface area contributed by atoms with Gasteiger partial charge in [-0.15, -0.1) is 0 Å². The molecule has 2 rings (SSSR count). The zero-order valence-electron chi connectivity index (χ0n) is 10.7. The van der Waals surface area contributed by atoms with E-state index in [1.54, 1.807) is 19.2 Å². The van der Waals surface area contributed by atoms with Crippen LogP contribution in [-0.4, -0.2) is 7.11 Å². The van der Waals surface area contributed by atoms with Gasteiger partial charge in [-0.05, 0) is 40.2 Å². The minimum absolute atomic E-state index is 0.412. The van der Waals surface area contributed by atoms with Crippen LogP contribution < -0.4 is 10.5 Å². The first-order chi connectivity index (χ1) is 9.06. The molecule has 19 heavy (non-hydrogen) atoms. The lowest BCUT2D eigenvalue weighted by molar-refractivity contribution is 0.398. The van der Waals surface area contributed by atoms with Crippen molar-refractivity contribution in [1.82, 2.24) is 0 Å². The van der Waals surface area contributed by atoms with Gasteiger partial charge in [0.15, 0.2) is 0 Å². The molecule has 0 radical (unpaired) electrons.